The third-order valence-corrected chi connectivity index (χ3v) is 4.50. The molecule has 0 aliphatic rings. The van der Waals surface area contributed by atoms with Crippen molar-refractivity contribution in [2.75, 3.05) is 44.0 Å². The number of nitrogens with one attached hydrogen (secondary N) is 2. The summed E-state index contributed by atoms with van der Waals surface area (Å²) in [5.74, 6) is 0.752. The van der Waals surface area contributed by atoms with Gasteiger partial charge in [-0.25, -0.2) is 0 Å². The molecule has 0 aliphatic heterocycles. The molecule has 2 aromatic carbocycles. The number of likely N-dealkylation sites (N-methyl/N-ethyl adjacent to an activating group) is 1. The topological polar surface area (TPSA) is 79.9 Å². The molecule has 0 saturated heterocycles. The Labute approximate surface area is 179 Å². The molecule has 0 atom stereocenters. The standard InChI is InChI=1S/C21H26BrN3O4/c1-4-28-15-10-11-19(29-5-2)18(12-15)24-21(27)14-25(3)13-20(26)23-17-9-7-6-8-16(17)22/h6-12H,4-5,13-14H2,1-3H3,(H,23,26)(H,24,27). The van der Waals surface area contributed by atoms with Crippen molar-refractivity contribution in [1.29, 1.82) is 0 Å². The van der Waals surface area contributed by atoms with Crippen LogP contribution in [0.3, 0.4) is 0 Å². The van der Waals surface area contributed by atoms with E-state index in [4.69, 9.17) is 9.47 Å². The van der Waals surface area contributed by atoms with Crippen LogP contribution in [-0.2, 0) is 9.59 Å². The van der Waals surface area contributed by atoms with Crippen molar-refractivity contribution < 1.29 is 19.1 Å². The van der Waals surface area contributed by atoms with Crippen molar-refractivity contribution in [2.45, 2.75) is 13.8 Å². The number of hydrogen-bond donors (Lipinski definition) is 2. The summed E-state index contributed by atoms with van der Waals surface area (Å²) < 4.78 is 11.9. The Morgan fingerprint density at radius 1 is 0.931 bits per heavy atom. The lowest BCUT2D eigenvalue weighted by Gasteiger charge is -2.18. The SMILES string of the molecule is CCOc1ccc(OCC)c(NC(=O)CN(C)CC(=O)Nc2ccccc2Br)c1. The zero-order chi connectivity index (χ0) is 21.2. The van der Waals surface area contributed by atoms with Gasteiger partial charge in [-0.05, 0) is 61.1 Å². The predicted molar refractivity (Wildman–Crippen MR) is 118 cm³/mol. The van der Waals surface area contributed by atoms with Crippen LogP contribution in [0, 0.1) is 0 Å². The van der Waals surface area contributed by atoms with Gasteiger partial charge in [0, 0.05) is 10.5 Å². The number of ether oxygens (including phenoxy) is 2. The van der Waals surface area contributed by atoms with Crippen LogP contribution < -0.4 is 20.1 Å². The molecular formula is C21H26BrN3O4. The first-order valence-electron chi connectivity index (χ1n) is 9.35. The molecule has 0 fully saturated rings. The van der Waals surface area contributed by atoms with Gasteiger partial charge in [0.25, 0.3) is 0 Å². The highest BCUT2D eigenvalue weighted by molar-refractivity contribution is 9.10. The maximum absolute atomic E-state index is 12.5. The van der Waals surface area contributed by atoms with E-state index in [1.54, 1.807) is 36.2 Å². The van der Waals surface area contributed by atoms with Crippen LogP contribution in [0.25, 0.3) is 0 Å². The Morgan fingerprint density at radius 2 is 1.55 bits per heavy atom. The highest BCUT2D eigenvalue weighted by Gasteiger charge is 2.14. The van der Waals surface area contributed by atoms with Gasteiger partial charge in [-0.15, -0.1) is 0 Å². The number of benzene rings is 2. The second kappa shape index (κ2) is 11.4. The highest BCUT2D eigenvalue weighted by atomic mass is 79.9. The lowest BCUT2D eigenvalue weighted by molar-refractivity contribution is -0.119. The van der Waals surface area contributed by atoms with E-state index < -0.39 is 0 Å². The molecule has 7 nitrogen and oxygen atoms in total. The number of nitrogens with zero attached hydrogens (tertiary/aromatic N) is 1. The van der Waals surface area contributed by atoms with Gasteiger partial charge in [-0.1, -0.05) is 12.1 Å². The number of hydrogen-bond acceptors (Lipinski definition) is 5. The minimum atomic E-state index is -0.254. The van der Waals surface area contributed by atoms with Crippen molar-refractivity contribution in [3.63, 3.8) is 0 Å². The van der Waals surface area contributed by atoms with Gasteiger partial charge in [0.1, 0.15) is 11.5 Å². The van der Waals surface area contributed by atoms with E-state index in [9.17, 15) is 9.59 Å². The van der Waals surface area contributed by atoms with E-state index in [0.717, 1.165) is 4.47 Å². The van der Waals surface area contributed by atoms with Crippen LogP contribution in [-0.4, -0.2) is 50.1 Å². The third kappa shape index (κ3) is 7.40. The number of halogens is 1. The molecule has 0 bridgehead atoms. The highest BCUT2D eigenvalue weighted by Crippen LogP contribution is 2.29. The lowest BCUT2D eigenvalue weighted by Crippen LogP contribution is -2.36. The monoisotopic (exact) mass is 463 g/mol. The van der Waals surface area contributed by atoms with Gasteiger partial charge in [-0.3, -0.25) is 14.5 Å². The van der Waals surface area contributed by atoms with Crippen LogP contribution in [0.1, 0.15) is 13.8 Å². The van der Waals surface area contributed by atoms with Gasteiger partial charge >= 0.3 is 0 Å². The fraction of sp³-hybridized carbons (Fsp3) is 0.333. The molecule has 0 unspecified atom stereocenters. The smallest absolute Gasteiger partial charge is 0.238 e. The zero-order valence-corrected chi connectivity index (χ0v) is 18.4. The van der Waals surface area contributed by atoms with Gasteiger partial charge in [0.15, 0.2) is 0 Å². The van der Waals surface area contributed by atoms with Gasteiger partial charge in [-0.2, -0.15) is 0 Å². The van der Waals surface area contributed by atoms with Crippen LogP contribution in [0.2, 0.25) is 0 Å². The quantitative estimate of drug-likeness (QED) is 0.560. The third-order valence-electron chi connectivity index (χ3n) is 3.81. The van der Waals surface area contributed by atoms with Crippen LogP contribution in [0.15, 0.2) is 46.9 Å². The molecule has 0 heterocycles. The van der Waals surface area contributed by atoms with Crippen molar-refractivity contribution >= 4 is 39.1 Å². The first kappa shape index (κ1) is 22.7. The first-order chi connectivity index (χ1) is 13.9. The summed E-state index contributed by atoms with van der Waals surface area (Å²) in [5.41, 5.74) is 1.22. The summed E-state index contributed by atoms with van der Waals surface area (Å²) in [6.45, 7) is 4.89. The molecule has 0 spiro atoms. The maximum Gasteiger partial charge on any atom is 0.238 e. The normalized spacial score (nSPS) is 10.5. The van der Waals surface area contributed by atoms with E-state index in [-0.39, 0.29) is 24.9 Å². The molecule has 29 heavy (non-hydrogen) atoms. The summed E-state index contributed by atoms with van der Waals surface area (Å²) in [4.78, 5) is 26.3. The number of rotatable bonds is 10. The molecule has 2 rings (SSSR count). The van der Waals surface area contributed by atoms with Crippen LogP contribution in [0.4, 0.5) is 11.4 Å². The molecule has 2 amide bonds. The molecule has 8 heteroatoms. The van der Waals surface area contributed by atoms with E-state index in [2.05, 4.69) is 26.6 Å². The van der Waals surface area contributed by atoms with Gasteiger partial charge in [0.2, 0.25) is 11.8 Å². The number of anilines is 2. The van der Waals surface area contributed by atoms with Crippen LogP contribution >= 0.6 is 15.9 Å². The second-order valence-electron chi connectivity index (χ2n) is 6.27. The summed E-state index contributed by atoms with van der Waals surface area (Å²) >= 11 is 3.39. The lowest BCUT2D eigenvalue weighted by atomic mass is 10.2. The van der Waals surface area contributed by atoms with E-state index in [1.165, 1.54) is 0 Å². The summed E-state index contributed by atoms with van der Waals surface area (Å²) in [5, 5.41) is 5.65. The van der Waals surface area contributed by atoms with Crippen molar-refractivity contribution in [2.24, 2.45) is 0 Å². The molecule has 0 radical (unpaired) electrons. The average Bonchev–Trinajstić information content (AvgIpc) is 2.65. The molecule has 0 aliphatic carbocycles. The number of amides is 2. The van der Waals surface area contributed by atoms with Crippen molar-refractivity contribution in [1.82, 2.24) is 4.90 Å². The number of carbonyl (C=O) groups is 2. The molecule has 156 valence electrons. The number of carbonyl (C=O) groups excluding carboxylic acids is 2. The summed E-state index contributed by atoms with van der Waals surface area (Å²) in [7, 11) is 1.71. The Bertz CT molecular complexity index is 844. The van der Waals surface area contributed by atoms with E-state index in [1.807, 2.05) is 32.0 Å². The second-order valence-corrected chi connectivity index (χ2v) is 7.13. The Kier molecular flexibility index (Phi) is 8.95. The Balaban J connectivity index is 1.93. The summed E-state index contributed by atoms with van der Waals surface area (Å²) in [6.07, 6.45) is 0. The number of para-hydroxylation sites is 1. The molecule has 0 aromatic heterocycles. The zero-order valence-electron chi connectivity index (χ0n) is 16.8. The Hall–Kier alpha value is -2.58. The minimum Gasteiger partial charge on any atom is -0.494 e. The van der Waals surface area contributed by atoms with Crippen LogP contribution in [0.5, 0.6) is 11.5 Å². The molecule has 0 saturated carbocycles. The fourth-order valence-electron chi connectivity index (χ4n) is 2.63. The first-order valence-corrected chi connectivity index (χ1v) is 10.1. The van der Waals surface area contributed by atoms with E-state index in [0.29, 0.717) is 36.1 Å². The predicted octanol–water partition coefficient (Wildman–Crippen LogP) is 3.76. The summed E-state index contributed by atoms with van der Waals surface area (Å²) in [6, 6.07) is 12.6. The molecular weight excluding hydrogens is 438 g/mol. The fourth-order valence-corrected chi connectivity index (χ4v) is 3.02. The average molecular weight is 464 g/mol. The Morgan fingerprint density at radius 3 is 2.17 bits per heavy atom. The minimum absolute atomic E-state index is 0.0494. The maximum atomic E-state index is 12.5. The van der Waals surface area contributed by atoms with Gasteiger partial charge < -0.3 is 20.1 Å². The van der Waals surface area contributed by atoms with Gasteiger partial charge in [0.05, 0.1) is 37.7 Å². The van der Waals surface area contributed by atoms with Crippen molar-refractivity contribution in [3.8, 4) is 11.5 Å². The van der Waals surface area contributed by atoms with Crippen molar-refractivity contribution in [3.05, 3.63) is 46.9 Å². The van der Waals surface area contributed by atoms with E-state index >= 15 is 0 Å². The molecule has 2 aromatic rings. The molecule has 2 N–H and O–H groups in total. The largest absolute Gasteiger partial charge is 0.494 e.